The van der Waals surface area contributed by atoms with E-state index >= 15 is 0 Å². The summed E-state index contributed by atoms with van der Waals surface area (Å²) in [7, 11) is 0. The molecule has 0 bridgehead atoms. The molecule has 1 aliphatic carbocycles. The van der Waals surface area contributed by atoms with Gasteiger partial charge < -0.3 is 15.2 Å². The van der Waals surface area contributed by atoms with Crippen molar-refractivity contribution in [3.8, 4) is 5.75 Å². The minimum Gasteiger partial charge on any atom is -0.481 e. The molecule has 0 aromatic heterocycles. The number of rotatable bonds is 5. The van der Waals surface area contributed by atoms with Crippen LogP contribution in [0, 0.1) is 6.92 Å². The monoisotopic (exact) mass is 297 g/mol. The van der Waals surface area contributed by atoms with Crippen LogP contribution in [0.2, 0.25) is 5.02 Å². The average molecular weight is 298 g/mol. The molecular weight excluding hydrogens is 282 g/mol. The summed E-state index contributed by atoms with van der Waals surface area (Å²) in [5.74, 6) is -0.910. The van der Waals surface area contributed by atoms with Crippen molar-refractivity contribution in [3.05, 3.63) is 28.8 Å². The summed E-state index contributed by atoms with van der Waals surface area (Å²) in [5.41, 5.74) is -0.245. The third kappa shape index (κ3) is 3.04. The van der Waals surface area contributed by atoms with Crippen LogP contribution in [-0.2, 0) is 9.59 Å². The van der Waals surface area contributed by atoms with Gasteiger partial charge in [0.2, 0.25) is 0 Å². The van der Waals surface area contributed by atoms with Gasteiger partial charge in [-0.15, -0.1) is 0 Å². The van der Waals surface area contributed by atoms with E-state index in [1.165, 1.54) is 0 Å². The van der Waals surface area contributed by atoms with Gasteiger partial charge in [0, 0.05) is 5.02 Å². The Morgan fingerprint density at radius 2 is 2.10 bits per heavy atom. The molecule has 20 heavy (non-hydrogen) atoms. The molecule has 1 aromatic carbocycles. The highest BCUT2D eigenvalue weighted by molar-refractivity contribution is 6.31. The van der Waals surface area contributed by atoms with Gasteiger partial charge in [-0.05, 0) is 50.5 Å². The second-order valence-electron chi connectivity index (χ2n) is 5.05. The Bertz CT molecular complexity index is 554. The van der Waals surface area contributed by atoms with E-state index in [1.54, 1.807) is 25.1 Å². The summed E-state index contributed by atoms with van der Waals surface area (Å²) in [6.07, 6.45) is 0.147. The van der Waals surface area contributed by atoms with E-state index in [9.17, 15) is 9.59 Å². The number of halogens is 1. The summed E-state index contributed by atoms with van der Waals surface area (Å²) in [5, 5.41) is 12.2. The molecule has 0 aliphatic heterocycles. The lowest BCUT2D eigenvalue weighted by Crippen LogP contribution is -2.48. The van der Waals surface area contributed by atoms with Crippen LogP contribution in [0.3, 0.4) is 0 Å². The third-order valence-electron chi connectivity index (χ3n) is 3.33. The van der Waals surface area contributed by atoms with Crippen molar-refractivity contribution >= 4 is 23.5 Å². The summed E-state index contributed by atoms with van der Waals surface area (Å²) < 4.78 is 5.50. The summed E-state index contributed by atoms with van der Waals surface area (Å²) in [6, 6.07) is 5.09. The maximum absolute atomic E-state index is 11.9. The van der Waals surface area contributed by atoms with E-state index in [4.69, 9.17) is 21.4 Å². The highest BCUT2D eigenvalue weighted by Crippen LogP contribution is 2.35. The topological polar surface area (TPSA) is 75.6 Å². The zero-order valence-corrected chi connectivity index (χ0v) is 12.0. The minimum atomic E-state index is -1.09. The van der Waals surface area contributed by atoms with Crippen LogP contribution in [0.4, 0.5) is 0 Å². The second-order valence-corrected chi connectivity index (χ2v) is 5.45. The lowest BCUT2D eigenvalue weighted by atomic mass is 10.2. The molecule has 2 N–H and O–H groups in total. The smallest absolute Gasteiger partial charge is 0.329 e. The summed E-state index contributed by atoms with van der Waals surface area (Å²) in [4.78, 5) is 22.9. The van der Waals surface area contributed by atoms with Crippen LogP contribution in [0.5, 0.6) is 5.75 Å². The van der Waals surface area contributed by atoms with Crippen LogP contribution in [-0.4, -0.2) is 28.6 Å². The van der Waals surface area contributed by atoms with Gasteiger partial charge in [-0.3, -0.25) is 4.79 Å². The molecule has 2 rings (SSSR count). The number of ether oxygens (including phenoxy) is 1. The number of hydrogen-bond acceptors (Lipinski definition) is 3. The molecule has 1 amide bonds. The van der Waals surface area contributed by atoms with Crippen molar-refractivity contribution in [1.82, 2.24) is 5.32 Å². The van der Waals surface area contributed by atoms with Crippen LogP contribution in [0.15, 0.2) is 18.2 Å². The van der Waals surface area contributed by atoms with E-state index in [1.807, 2.05) is 6.92 Å². The highest BCUT2D eigenvalue weighted by Gasteiger charge is 2.52. The molecule has 0 saturated heterocycles. The zero-order chi connectivity index (χ0) is 14.9. The van der Waals surface area contributed by atoms with Crippen molar-refractivity contribution in [2.45, 2.75) is 38.3 Å². The number of amides is 1. The van der Waals surface area contributed by atoms with Crippen LogP contribution in [0.1, 0.15) is 25.3 Å². The molecule has 1 atom stereocenters. The minimum absolute atomic E-state index is 0.433. The van der Waals surface area contributed by atoms with E-state index in [0.717, 1.165) is 5.56 Å². The Morgan fingerprint density at radius 3 is 2.60 bits per heavy atom. The quantitative estimate of drug-likeness (QED) is 0.873. The van der Waals surface area contributed by atoms with E-state index in [2.05, 4.69) is 5.32 Å². The maximum atomic E-state index is 11.9. The first-order valence-electron chi connectivity index (χ1n) is 6.32. The van der Waals surface area contributed by atoms with Gasteiger partial charge in [-0.2, -0.15) is 0 Å². The largest absolute Gasteiger partial charge is 0.481 e. The molecule has 0 heterocycles. The molecule has 0 spiro atoms. The number of aliphatic carboxylic acids is 1. The fourth-order valence-electron chi connectivity index (χ4n) is 1.80. The first-order valence-corrected chi connectivity index (χ1v) is 6.70. The number of carboxylic acid groups (broad SMARTS) is 1. The Kier molecular flexibility index (Phi) is 3.90. The van der Waals surface area contributed by atoms with Gasteiger partial charge in [-0.25, -0.2) is 4.79 Å². The average Bonchev–Trinajstić information content (AvgIpc) is 3.14. The zero-order valence-electron chi connectivity index (χ0n) is 11.3. The van der Waals surface area contributed by atoms with E-state index < -0.39 is 23.5 Å². The fraction of sp³-hybridized carbons (Fsp3) is 0.429. The lowest BCUT2D eigenvalue weighted by molar-refractivity contribution is -0.144. The molecule has 5 nitrogen and oxygen atoms in total. The van der Waals surface area contributed by atoms with Crippen molar-refractivity contribution in [1.29, 1.82) is 0 Å². The standard InChI is InChI=1S/C14H16ClNO4/c1-8-7-10(3-4-11(8)15)20-9(2)12(17)16-14(5-6-14)13(18)19/h3-4,7,9H,5-6H2,1-2H3,(H,16,17)(H,18,19). The number of carbonyl (C=O) groups is 2. The van der Waals surface area contributed by atoms with Gasteiger partial charge in [-0.1, -0.05) is 11.6 Å². The maximum Gasteiger partial charge on any atom is 0.329 e. The van der Waals surface area contributed by atoms with Crippen LogP contribution < -0.4 is 10.1 Å². The summed E-state index contributed by atoms with van der Waals surface area (Å²) in [6.45, 7) is 3.42. The molecule has 0 radical (unpaired) electrons. The number of benzene rings is 1. The van der Waals surface area contributed by atoms with Gasteiger partial charge in [0.15, 0.2) is 6.10 Å². The SMILES string of the molecule is Cc1cc(OC(C)C(=O)NC2(C(=O)O)CC2)ccc1Cl. The Labute approximate surface area is 121 Å². The molecule has 6 heteroatoms. The molecule has 108 valence electrons. The number of aryl methyl sites for hydroxylation is 1. The van der Waals surface area contributed by atoms with Crippen molar-refractivity contribution in [2.24, 2.45) is 0 Å². The number of nitrogens with one attached hydrogen (secondary N) is 1. The highest BCUT2D eigenvalue weighted by atomic mass is 35.5. The van der Waals surface area contributed by atoms with E-state index in [0.29, 0.717) is 23.6 Å². The normalized spacial score (nSPS) is 17.1. The lowest BCUT2D eigenvalue weighted by Gasteiger charge is -2.18. The van der Waals surface area contributed by atoms with Gasteiger partial charge in [0.25, 0.3) is 5.91 Å². The predicted octanol–water partition coefficient (Wildman–Crippen LogP) is 2.15. The van der Waals surface area contributed by atoms with Crippen LogP contribution in [0.25, 0.3) is 0 Å². The van der Waals surface area contributed by atoms with Crippen molar-refractivity contribution in [2.75, 3.05) is 0 Å². The molecule has 1 unspecified atom stereocenters. The van der Waals surface area contributed by atoms with Gasteiger partial charge in [0.05, 0.1) is 0 Å². The first kappa shape index (κ1) is 14.7. The Balaban J connectivity index is 1.97. The van der Waals surface area contributed by atoms with Gasteiger partial charge >= 0.3 is 5.97 Å². The number of hydrogen-bond donors (Lipinski definition) is 2. The first-order chi connectivity index (χ1) is 9.34. The third-order valence-corrected chi connectivity index (χ3v) is 3.76. The molecule has 1 aromatic rings. The van der Waals surface area contributed by atoms with Crippen LogP contribution >= 0.6 is 11.6 Å². The van der Waals surface area contributed by atoms with Crippen molar-refractivity contribution < 1.29 is 19.4 Å². The fourth-order valence-corrected chi connectivity index (χ4v) is 1.92. The molecular formula is C14H16ClNO4. The number of carbonyl (C=O) groups excluding carboxylic acids is 1. The van der Waals surface area contributed by atoms with Crippen molar-refractivity contribution in [3.63, 3.8) is 0 Å². The molecule has 1 aliphatic rings. The molecule has 1 fully saturated rings. The number of carboxylic acids is 1. The predicted molar refractivity (Wildman–Crippen MR) is 74.0 cm³/mol. The summed E-state index contributed by atoms with van der Waals surface area (Å²) >= 11 is 5.91. The van der Waals surface area contributed by atoms with Gasteiger partial charge in [0.1, 0.15) is 11.3 Å². The Hall–Kier alpha value is -1.75. The van der Waals surface area contributed by atoms with E-state index in [-0.39, 0.29) is 0 Å². The second kappa shape index (κ2) is 5.32. The molecule has 1 saturated carbocycles. The Morgan fingerprint density at radius 1 is 1.45 bits per heavy atom.